The summed E-state index contributed by atoms with van der Waals surface area (Å²) in [4.78, 5) is 13.7. The van der Waals surface area contributed by atoms with Crippen LogP contribution in [0.2, 0.25) is 0 Å². The predicted octanol–water partition coefficient (Wildman–Crippen LogP) is 1.87. The molecule has 0 spiro atoms. The molecule has 1 rings (SSSR count). The number of ether oxygens (including phenoxy) is 2. The molecule has 1 amide bonds. The molecule has 0 radical (unpaired) electrons. The molecule has 0 atom stereocenters. The van der Waals surface area contributed by atoms with E-state index in [1.54, 1.807) is 31.4 Å². The van der Waals surface area contributed by atoms with Gasteiger partial charge < -0.3 is 19.7 Å². The van der Waals surface area contributed by atoms with E-state index in [4.69, 9.17) is 9.47 Å². The van der Waals surface area contributed by atoms with Gasteiger partial charge in [0.2, 0.25) is 0 Å². The van der Waals surface area contributed by atoms with E-state index < -0.39 is 0 Å². The van der Waals surface area contributed by atoms with Gasteiger partial charge >= 0.3 is 0 Å². The van der Waals surface area contributed by atoms with Crippen molar-refractivity contribution in [2.24, 2.45) is 0 Å². The Morgan fingerprint density at radius 3 is 2.50 bits per heavy atom. The van der Waals surface area contributed by atoms with E-state index in [1.807, 2.05) is 11.8 Å². The van der Waals surface area contributed by atoms with E-state index in [9.17, 15) is 9.18 Å². The van der Waals surface area contributed by atoms with Gasteiger partial charge in [-0.1, -0.05) is 6.92 Å². The average molecular weight is 312 g/mol. The SMILES string of the molecule is CCN(CCF)CCCNC(=O)COc1ccc(OC)cc1. The number of hydrogen-bond donors (Lipinski definition) is 1. The van der Waals surface area contributed by atoms with Crippen molar-refractivity contribution in [3.8, 4) is 11.5 Å². The Balaban J connectivity index is 2.15. The maximum absolute atomic E-state index is 12.2. The van der Waals surface area contributed by atoms with E-state index >= 15 is 0 Å². The molecule has 0 aliphatic carbocycles. The fourth-order valence-electron chi connectivity index (χ4n) is 1.95. The van der Waals surface area contributed by atoms with Crippen molar-refractivity contribution in [3.63, 3.8) is 0 Å². The molecule has 0 heterocycles. The Morgan fingerprint density at radius 1 is 1.23 bits per heavy atom. The van der Waals surface area contributed by atoms with Crippen molar-refractivity contribution in [2.75, 3.05) is 46.6 Å². The van der Waals surface area contributed by atoms with Gasteiger partial charge in [-0.3, -0.25) is 4.79 Å². The molecule has 0 fully saturated rings. The van der Waals surface area contributed by atoms with Crippen molar-refractivity contribution >= 4 is 5.91 Å². The van der Waals surface area contributed by atoms with Gasteiger partial charge in [-0.05, 0) is 43.8 Å². The Kier molecular flexibility index (Phi) is 8.98. The number of nitrogens with one attached hydrogen (secondary N) is 1. The van der Waals surface area contributed by atoms with Crippen LogP contribution in [-0.2, 0) is 4.79 Å². The molecule has 124 valence electrons. The molecule has 0 aromatic heterocycles. The highest BCUT2D eigenvalue weighted by Gasteiger charge is 2.04. The average Bonchev–Trinajstić information content (AvgIpc) is 2.56. The van der Waals surface area contributed by atoms with Crippen molar-refractivity contribution in [1.29, 1.82) is 0 Å². The van der Waals surface area contributed by atoms with Gasteiger partial charge in [0.25, 0.3) is 5.91 Å². The Morgan fingerprint density at radius 2 is 1.91 bits per heavy atom. The van der Waals surface area contributed by atoms with Crippen LogP contribution >= 0.6 is 0 Å². The van der Waals surface area contributed by atoms with Crippen LogP contribution in [0.3, 0.4) is 0 Å². The number of rotatable bonds is 11. The predicted molar refractivity (Wildman–Crippen MR) is 84.2 cm³/mol. The minimum Gasteiger partial charge on any atom is -0.497 e. The summed E-state index contributed by atoms with van der Waals surface area (Å²) in [5.74, 6) is 1.20. The standard InChI is InChI=1S/C16H25FN2O3/c1-3-19(12-9-17)11-4-10-18-16(20)13-22-15-7-5-14(21-2)6-8-15/h5-8H,3-4,9-13H2,1-2H3,(H,18,20). The normalized spacial score (nSPS) is 10.5. The van der Waals surface area contributed by atoms with Gasteiger partial charge in [0.15, 0.2) is 6.61 Å². The Labute approximate surface area is 131 Å². The van der Waals surface area contributed by atoms with E-state index in [2.05, 4.69) is 5.32 Å². The lowest BCUT2D eigenvalue weighted by Crippen LogP contribution is -2.33. The van der Waals surface area contributed by atoms with Crippen molar-refractivity contribution in [2.45, 2.75) is 13.3 Å². The number of nitrogens with zero attached hydrogens (tertiary/aromatic N) is 1. The molecule has 1 aromatic rings. The zero-order valence-corrected chi connectivity index (χ0v) is 13.3. The van der Waals surface area contributed by atoms with Crippen LogP contribution in [0.4, 0.5) is 4.39 Å². The van der Waals surface area contributed by atoms with E-state index in [0.29, 0.717) is 18.8 Å². The van der Waals surface area contributed by atoms with Gasteiger partial charge in [-0.25, -0.2) is 4.39 Å². The maximum atomic E-state index is 12.2. The number of methoxy groups -OCH3 is 1. The van der Waals surface area contributed by atoms with Crippen LogP contribution in [-0.4, -0.2) is 57.4 Å². The second-order valence-electron chi connectivity index (χ2n) is 4.79. The molecule has 5 nitrogen and oxygen atoms in total. The molecule has 0 unspecified atom stereocenters. The first-order valence-corrected chi connectivity index (χ1v) is 7.51. The number of halogens is 1. The van der Waals surface area contributed by atoms with Crippen LogP contribution < -0.4 is 14.8 Å². The summed E-state index contributed by atoms with van der Waals surface area (Å²) in [7, 11) is 1.59. The summed E-state index contributed by atoms with van der Waals surface area (Å²) >= 11 is 0. The largest absolute Gasteiger partial charge is 0.497 e. The first-order chi connectivity index (χ1) is 10.7. The smallest absolute Gasteiger partial charge is 0.257 e. The minimum atomic E-state index is -0.337. The van der Waals surface area contributed by atoms with Gasteiger partial charge in [0.1, 0.15) is 18.2 Å². The lowest BCUT2D eigenvalue weighted by atomic mass is 10.3. The van der Waals surface area contributed by atoms with Gasteiger partial charge in [-0.15, -0.1) is 0 Å². The first kappa shape index (κ1) is 18.2. The lowest BCUT2D eigenvalue weighted by Gasteiger charge is -2.18. The highest BCUT2D eigenvalue weighted by atomic mass is 19.1. The molecule has 0 aliphatic heterocycles. The van der Waals surface area contributed by atoms with Crippen LogP contribution in [0.15, 0.2) is 24.3 Å². The third kappa shape index (κ3) is 7.26. The molecular weight excluding hydrogens is 287 g/mol. The van der Waals surface area contributed by atoms with Crippen LogP contribution in [0, 0.1) is 0 Å². The van der Waals surface area contributed by atoms with Gasteiger partial charge in [-0.2, -0.15) is 0 Å². The number of benzene rings is 1. The second-order valence-corrected chi connectivity index (χ2v) is 4.79. The monoisotopic (exact) mass is 312 g/mol. The zero-order valence-electron chi connectivity index (χ0n) is 13.3. The number of carbonyl (C=O) groups is 1. The van der Waals surface area contributed by atoms with Crippen LogP contribution in [0.25, 0.3) is 0 Å². The summed E-state index contributed by atoms with van der Waals surface area (Å²) in [6, 6.07) is 7.05. The lowest BCUT2D eigenvalue weighted by molar-refractivity contribution is -0.123. The zero-order chi connectivity index (χ0) is 16.2. The highest BCUT2D eigenvalue weighted by Crippen LogP contribution is 2.16. The summed E-state index contributed by atoms with van der Waals surface area (Å²) in [6.45, 7) is 4.25. The number of amides is 1. The van der Waals surface area contributed by atoms with Gasteiger partial charge in [0, 0.05) is 13.1 Å². The summed E-state index contributed by atoms with van der Waals surface area (Å²) in [5.41, 5.74) is 0. The van der Waals surface area contributed by atoms with Crippen molar-refractivity contribution in [1.82, 2.24) is 10.2 Å². The first-order valence-electron chi connectivity index (χ1n) is 7.51. The quantitative estimate of drug-likeness (QED) is 0.634. The highest BCUT2D eigenvalue weighted by molar-refractivity contribution is 5.77. The molecule has 0 bridgehead atoms. The Hall–Kier alpha value is -1.82. The van der Waals surface area contributed by atoms with E-state index in [1.165, 1.54) is 0 Å². The van der Waals surface area contributed by atoms with E-state index in [0.717, 1.165) is 25.3 Å². The van der Waals surface area contributed by atoms with Gasteiger partial charge in [0.05, 0.1) is 7.11 Å². The van der Waals surface area contributed by atoms with E-state index in [-0.39, 0.29) is 19.2 Å². The summed E-state index contributed by atoms with van der Waals surface area (Å²) in [5, 5.41) is 2.79. The molecule has 0 saturated carbocycles. The number of carbonyl (C=O) groups excluding carboxylic acids is 1. The second kappa shape index (κ2) is 10.8. The molecular formula is C16H25FN2O3. The van der Waals surface area contributed by atoms with Crippen LogP contribution in [0.1, 0.15) is 13.3 Å². The number of alkyl halides is 1. The summed E-state index contributed by atoms with van der Waals surface area (Å²) < 4.78 is 22.7. The molecule has 1 N–H and O–H groups in total. The number of hydrogen-bond acceptors (Lipinski definition) is 4. The minimum absolute atomic E-state index is 0.0195. The van der Waals surface area contributed by atoms with Crippen molar-refractivity contribution < 1.29 is 18.7 Å². The van der Waals surface area contributed by atoms with Crippen LogP contribution in [0.5, 0.6) is 11.5 Å². The third-order valence-corrected chi connectivity index (χ3v) is 3.25. The molecule has 1 aromatic carbocycles. The third-order valence-electron chi connectivity index (χ3n) is 3.25. The van der Waals surface area contributed by atoms with Crippen molar-refractivity contribution in [3.05, 3.63) is 24.3 Å². The fourth-order valence-corrected chi connectivity index (χ4v) is 1.95. The molecule has 0 aliphatic rings. The topological polar surface area (TPSA) is 50.8 Å². The Bertz CT molecular complexity index is 426. The fraction of sp³-hybridized carbons (Fsp3) is 0.562. The molecule has 6 heteroatoms. The summed E-state index contributed by atoms with van der Waals surface area (Å²) in [6.07, 6.45) is 0.794. The molecule has 0 saturated heterocycles. The maximum Gasteiger partial charge on any atom is 0.257 e. The molecule has 22 heavy (non-hydrogen) atoms.